The molecule has 1 aliphatic rings. The molecule has 1 heterocycles. The van der Waals surface area contributed by atoms with Gasteiger partial charge in [0.1, 0.15) is 10.7 Å². The third-order valence-electron chi connectivity index (χ3n) is 3.04. The van der Waals surface area contributed by atoms with E-state index in [9.17, 15) is 0 Å². The van der Waals surface area contributed by atoms with Gasteiger partial charge < -0.3 is 14.4 Å². The van der Waals surface area contributed by atoms with Crippen LogP contribution in [0.2, 0.25) is 0 Å². The van der Waals surface area contributed by atoms with Gasteiger partial charge in [-0.3, -0.25) is 0 Å². The number of thiocarbonyl (C=S) groups is 1. The monoisotopic (exact) mass is 265 g/mol. The zero-order valence-electron chi connectivity index (χ0n) is 11.1. The van der Waals surface area contributed by atoms with Gasteiger partial charge in [-0.1, -0.05) is 12.2 Å². The van der Waals surface area contributed by atoms with E-state index < -0.39 is 0 Å². The minimum absolute atomic E-state index is 0.227. The highest BCUT2D eigenvalue weighted by molar-refractivity contribution is 7.80. The Morgan fingerprint density at radius 1 is 1.22 bits per heavy atom. The maximum Gasteiger partial charge on any atom is 0.118 e. The Bertz CT molecular complexity index is 408. The van der Waals surface area contributed by atoms with Crippen LogP contribution >= 0.6 is 12.2 Å². The molecule has 0 saturated carbocycles. The van der Waals surface area contributed by atoms with Crippen molar-refractivity contribution >= 4 is 17.2 Å². The number of methoxy groups -OCH3 is 1. The highest BCUT2D eigenvalue weighted by Crippen LogP contribution is 2.17. The quantitative estimate of drug-likeness (QED) is 0.766. The van der Waals surface area contributed by atoms with Crippen LogP contribution in [0.3, 0.4) is 0 Å². The molecule has 0 N–H and O–H groups in total. The van der Waals surface area contributed by atoms with Gasteiger partial charge in [0.25, 0.3) is 0 Å². The summed E-state index contributed by atoms with van der Waals surface area (Å²) in [4.78, 5) is 3.11. The molecule has 3 nitrogen and oxygen atoms in total. The Hall–Kier alpha value is -1.13. The first-order valence-electron chi connectivity index (χ1n) is 6.19. The van der Waals surface area contributed by atoms with Gasteiger partial charge in [0.05, 0.1) is 19.3 Å². The first-order chi connectivity index (χ1) is 8.60. The average Bonchev–Trinajstić information content (AvgIpc) is 2.37. The Balaban J connectivity index is 2.09. The fourth-order valence-electron chi connectivity index (χ4n) is 2.26. The van der Waals surface area contributed by atoms with Crippen molar-refractivity contribution in [2.75, 3.05) is 20.2 Å². The van der Waals surface area contributed by atoms with E-state index in [1.54, 1.807) is 7.11 Å². The molecule has 1 aromatic rings. The fourth-order valence-corrected chi connectivity index (χ4v) is 2.55. The minimum atomic E-state index is 0.227. The van der Waals surface area contributed by atoms with Crippen molar-refractivity contribution < 1.29 is 9.47 Å². The molecule has 0 bridgehead atoms. The molecule has 18 heavy (non-hydrogen) atoms. The SMILES string of the molecule is COc1ccc(C(=S)N2C[C@@H](C)O[C@H](C)C2)cc1. The molecule has 0 aromatic heterocycles. The fraction of sp³-hybridized carbons (Fsp3) is 0.500. The lowest BCUT2D eigenvalue weighted by Gasteiger charge is -2.37. The lowest BCUT2D eigenvalue weighted by Crippen LogP contribution is -2.47. The van der Waals surface area contributed by atoms with Gasteiger partial charge in [0.15, 0.2) is 0 Å². The van der Waals surface area contributed by atoms with Crippen molar-refractivity contribution in [3.05, 3.63) is 29.8 Å². The number of nitrogens with zero attached hydrogens (tertiary/aromatic N) is 1. The molecule has 2 atom stereocenters. The van der Waals surface area contributed by atoms with Gasteiger partial charge in [-0.05, 0) is 38.1 Å². The number of hydrogen-bond acceptors (Lipinski definition) is 3. The van der Waals surface area contributed by atoms with Crippen LogP contribution in [-0.4, -0.2) is 42.3 Å². The molecule has 1 aliphatic heterocycles. The van der Waals surface area contributed by atoms with Crippen molar-refractivity contribution in [3.8, 4) is 5.75 Å². The van der Waals surface area contributed by atoms with Crippen LogP contribution < -0.4 is 4.74 Å². The van der Waals surface area contributed by atoms with Gasteiger partial charge in [-0.15, -0.1) is 0 Å². The molecule has 98 valence electrons. The van der Waals surface area contributed by atoms with E-state index in [1.165, 1.54) is 0 Å². The maximum atomic E-state index is 5.72. The topological polar surface area (TPSA) is 21.7 Å². The number of hydrogen-bond donors (Lipinski definition) is 0. The van der Waals surface area contributed by atoms with Crippen LogP contribution in [0.4, 0.5) is 0 Å². The van der Waals surface area contributed by atoms with Crippen LogP contribution in [0.5, 0.6) is 5.75 Å². The predicted molar refractivity (Wildman–Crippen MR) is 76.3 cm³/mol. The van der Waals surface area contributed by atoms with E-state index in [-0.39, 0.29) is 12.2 Å². The summed E-state index contributed by atoms with van der Waals surface area (Å²) in [6.45, 7) is 5.88. The zero-order valence-corrected chi connectivity index (χ0v) is 11.9. The summed E-state index contributed by atoms with van der Waals surface area (Å²) in [5.74, 6) is 0.852. The van der Waals surface area contributed by atoms with Crippen LogP contribution in [0.1, 0.15) is 19.4 Å². The van der Waals surface area contributed by atoms with E-state index in [2.05, 4.69) is 18.7 Å². The number of morpholine rings is 1. The molecule has 0 spiro atoms. The first kappa shape index (κ1) is 13.3. The highest BCUT2D eigenvalue weighted by Gasteiger charge is 2.24. The smallest absolute Gasteiger partial charge is 0.118 e. The van der Waals surface area contributed by atoms with Gasteiger partial charge >= 0.3 is 0 Å². The summed E-state index contributed by atoms with van der Waals surface area (Å²) in [5.41, 5.74) is 1.06. The highest BCUT2D eigenvalue weighted by atomic mass is 32.1. The zero-order chi connectivity index (χ0) is 13.1. The molecule has 1 fully saturated rings. The third kappa shape index (κ3) is 3.00. The van der Waals surface area contributed by atoms with Crippen molar-refractivity contribution in [3.63, 3.8) is 0 Å². The summed E-state index contributed by atoms with van der Waals surface area (Å²) in [6.07, 6.45) is 0.454. The molecule has 4 heteroatoms. The van der Waals surface area contributed by atoms with E-state index in [0.717, 1.165) is 29.4 Å². The molecular formula is C14H19NO2S. The molecule has 2 rings (SSSR count). The molecule has 0 unspecified atom stereocenters. The largest absolute Gasteiger partial charge is 0.497 e. The summed E-state index contributed by atoms with van der Waals surface area (Å²) in [6, 6.07) is 7.89. The Morgan fingerprint density at radius 3 is 2.28 bits per heavy atom. The van der Waals surface area contributed by atoms with Crippen molar-refractivity contribution in [2.45, 2.75) is 26.1 Å². The number of rotatable bonds is 2. The van der Waals surface area contributed by atoms with Crippen LogP contribution in [-0.2, 0) is 4.74 Å². The van der Waals surface area contributed by atoms with Crippen LogP contribution in [0, 0.1) is 0 Å². The summed E-state index contributed by atoms with van der Waals surface area (Å²) in [7, 11) is 1.67. The van der Waals surface area contributed by atoms with Crippen LogP contribution in [0.25, 0.3) is 0 Å². The van der Waals surface area contributed by atoms with E-state index >= 15 is 0 Å². The average molecular weight is 265 g/mol. The van der Waals surface area contributed by atoms with E-state index in [0.29, 0.717) is 0 Å². The van der Waals surface area contributed by atoms with Crippen molar-refractivity contribution in [2.24, 2.45) is 0 Å². The molecule has 0 radical (unpaired) electrons. The predicted octanol–water partition coefficient (Wildman–Crippen LogP) is 2.48. The second-order valence-corrected chi connectivity index (χ2v) is 5.08. The lowest BCUT2D eigenvalue weighted by molar-refractivity contribution is -0.0472. The first-order valence-corrected chi connectivity index (χ1v) is 6.59. The van der Waals surface area contributed by atoms with Gasteiger partial charge in [-0.25, -0.2) is 0 Å². The summed E-state index contributed by atoms with van der Waals surface area (Å²) < 4.78 is 10.9. The molecule has 1 aromatic carbocycles. The summed E-state index contributed by atoms with van der Waals surface area (Å²) >= 11 is 5.56. The third-order valence-corrected chi connectivity index (χ3v) is 3.54. The number of ether oxygens (including phenoxy) is 2. The van der Waals surface area contributed by atoms with Crippen molar-refractivity contribution in [1.29, 1.82) is 0 Å². The molecule has 1 saturated heterocycles. The normalized spacial score (nSPS) is 23.8. The molecule has 0 aliphatic carbocycles. The summed E-state index contributed by atoms with van der Waals surface area (Å²) in [5, 5.41) is 0. The Labute approximate surface area is 114 Å². The Morgan fingerprint density at radius 2 is 1.78 bits per heavy atom. The van der Waals surface area contributed by atoms with Gasteiger partial charge in [-0.2, -0.15) is 0 Å². The number of benzene rings is 1. The van der Waals surface area contributed by atoms with Crippen molar-refractivity contribution in [1.82, 2.24) is 4.90 Å². The standard InChI is InChI=1S/C14H19NO2S/c1-10-8-15(9-11(2)17-10)14(18)12-4-6-13(16-3)7-5-12/h4-7,10-11H,8-9H2,1-3H3/t10-,11-/m1/s1. The molecule has 0 amide bonds. The maximum absolute atomic E-state index is 5.72. The van der Waals surface area contributed by atoms with E-state index in [4.69, 9.17) is 21.7 Å². The van der Waals surface area contributed by atoms with Gasteiger partial charge in [0.2, 0.25) is 0 Å². The Kier molecular flexibility index (Phi) is 4.19. The second kappa shape index (κ2) is 5.67. The van der Waals surface area contributed by atoms with E-state index in [1.807, 2.05) is 24.3 Å². The van der Waals surface area contributed by atoms with Gasteiger partial charge in [0, 0.05) is 18.7 Å². The lowest BCUT2D eigenvalue weighted by atomic mass is 10.1. The second-order valence-electron chi connectivity index (χ2n) is 4.70. The van der Waals surface area contributed by atoms with Crippen LogP contribution in [0.15, 0.2) is 24.3 Å². The molecular weight excluding hydrogens is 246 g/mol. The minimum Gasteiger partial charge on any atom is -0.497 e.